The first-order valence-electron chi connectivity index (χ1n) is 7.78. The van der Waals surface area contributed by atoms with Crippen molar-refractivity contribution in [1.29, 1.82) is 0 Å². The maximum absolute atomic E-state index is 12.7. The Bertz CT molecular complexity index is 1040. The molecule has 0 spiro atoms. The number of halogens is 2. The lowest BCUT2D eigenvalue weighted by Gasteiger charge is -2.12. The van der Waals surface area contributed by atoms with Crippen LogP contribution in [0, 0.1) is 0 Å². The van der Waals surface area contributed by atoms with Crippen molar-refractivity contribution < 1.29 is 23.5 Å². The Hall–Kier alpha value is -2.22. The summed E-state index contributed by atoms with van der Waals surface area (Å²) in [4.78, 5) is 12.7. The molecule has 0 aliphatic carbocycles. The molecule has 6 nitrogen and oxygen atoms in total. The summed E-state index contributed by atoms with van der Waals surface area (Å²) >= 11 is 12.0. The van der Waals surface area contributed by atoms with Crippen LogP contribution in [0.4, 0.5) is 0 Å². The van der Waals surface area contributed by atoms with Crippen molar-refractivity contribution in [2.45, 2.75) is 11.8 Å². The number of ether oxygens (including phenoxy) is 1. The fourth-order valence-corrected chi connectivity index (χ4v) is 3.75. The molecule has 2 aromatic carbocycles. The lowest BCUT2D eigenvalue weighted by molar-refractivity contribution is -0.123. The normalized spacial score (nSPS) is 20.7. The van der Waals surface area contributed by atoms with E-state index in [0.29, 0.717) is 5.56 Å². The highest BCUT2D eigenvalue weighted by atomic mass is 35.5. The van der Waals surface area contributed by atoms with Gasteiger partial charge in [0.25, 0.3) is 0 Å². The summed E-state index contributed by atoms with van der Waals surface area (Å²) < 4.78 is 42.9. The summed E-state index contributed by atoms with van der Waals surface area (Å²) in [7, 11) is -4.22. The maximum atomic E-state index is 12.7. The zero-order valence-corrected chi connectivity index (χ0v) is 15.4. The van der Waals surface area contributed by atoms with E-state index in [1.54, 1.807) is 30.3 Å². The first-order chi connectivity index (χ1) is 12.6. The Morgan fingerprint density at radius 1 is 1.15 bits per heavy atom. The molecule has 0 saturated carbocycles. The van der Waals surface area contributed by atoms with Crippen LogP contribution in [0.25, 0.3) is 0 Å². The Balaban J connectivity index is 1.88. The van der Waals surface area contributed by atoms with Crippen LogP contribution in [0.15, 0.2) is 60.2 Å². The average Bonchev–Trinajstić information content (AvgIpc) is 2.81. The van der Waals surface area contributed by atoms with Crippen LogP contribution in [-0.2, 0) is 29.6 Å². The molecule has 2 N–H and O–H groups in total. The van der Waals surface area contributed by atoms with Gasteiger partial charge >= 0.3 is 10.1 Å². The Morgan fingerprint density at radius 3 is 2.54 bits per heavy atom. The summed E-state index contributed by atoms with van der Waals surface area (Å²) in [6.45, 7) is 0. The maximum Gasteiger partial charge on any atom is 0.313 e. The largest absolute Gasteiger partial charge is 0.460 e. The Morgan fingerprint density at radius 2 is 1.85 bits per heavy atom. The van der Waals surface area contributed by atoms with Gasteiger partial charge in [0.1, 0.15) is 5.75 Å². The molecule has 0 radical (unpaired) electrons. The SMILES string of the molecule is [2H]C1(c2cccc(Cl)c2Cl)OC(N)=C(OS(=O)(=O)Cc2ccccc2)C1=O. The van der Waals surface area contributed by atoms with Crippen LogP contribution in [-0.4, -0.2) is 14.2 Å². The molecule has 0 aromatic heterocycles. The first kappa shape index (κ1) is 17.2. The molecule has 1 unspecified atom stereocenters. The second kappa shape index (κ2) is 7.19. The van der Waals surface area contributed by atoms with Crippen LogP contribution >= 0.6 is 23.2 Å². The number of benzene rings is 2. The van der Waals surface area contributed by atoms with E-state index in [2.05, 4.69) is 0 Å². The smallest absolute Gasteiger partial charge is 0.313 e. The number of nitrogens with two attached hydrogens (primary N) is 1. The molecule has 136 valence electrons. The average molecular weight is 415 g/mol. The number of hydrogen-bond donors (Lipinski definition) is 1. The van der Waals surface area contributed by atoms with E-state index in [1.807, 2.05) is 0 Å². The van der Waals surface area contributed by atoms with Crippen molar-refractivity contribution >= 4 is 39.1 Å². The molecule has 0 saturated heterocycles. The van der Waals surface area contributed by atoms with Crippen LogP contribution in [0.2, 0.25) is 10.0 Å². The molecule has 1 aliphatic heterocycles. The van der Waals surface area contributed by atoms with E-state index >= 15 is 0 Å². The molecule has 1 aliphatic rings. The molecule has 3 rings (SSSR count). The molecular formula is C17H13Cl2NO5S. The fourth-order valence-electron chi connectivity index (χ4n) is 2.29. The zero-order valence-electron chi connectivity index (χ0n) is 14.1. The van der Waals surface area contributed by atoms with Gasteiger partial charge in [0.2, 0.25) is 17.4 Å². The van der Waals surface area contributed by atoms with E-state index in [9.17, 15) is 13.2 Å². The Labute approximate surface area is 161 Å². The van der Waals surface area contributed by atoms with E-state index in [1.165, 1.54) is 18.2 Å². The lowest BCUT2D eigenvalue weighted by atomic mass is 10.1. The van der Waals surface area contributed by atoms with Crippen LogP contribution in [0.3, 0.4) is 0 Å². The third kappa shape index (κ3) is 3.80. The number of hydrogen-bond acceptors (Lipinski definition) is 6. The topological polar surface area (TPSA) is 95.7 Å². The molecular weight excluding hydrogens is 401 g/mol. The number of Topliss-reactive ketones (excluding diaryl/α,β-unsaturated/α-hetero) is 1. The minimum absolute atomic E-state index is 0.0799. The quantitative estimate of drug-likeness (QED) is 0.753. The highest BCUT2D eigenvalue weighted by Crippen LogP contribution is 2.38. The predicted octanol–water partition coefficient (Wildman–Crippen LogP) is 3.31. The van der Waals surface area contributed by atoms with Crippen molar-refractivity contribution in [3.8, 4) is 0 Å². The van der Waals surface area contributed by atoms with Crippen molar-refractivity contribution in [3.63, 3.8) is 0 Å². The van der Waals surface area contributed by atoms with Crippen molar-refractivity contribution in [1.82, 2.24) is 0 Å². The van der Waals surface area contributed by atoms with Gasteiger partial charge in [-0.05, 0) is 11.6 Å². The van der Waals surface area contributed by atoms with Gasteiger partial charge < -0.3 is 14.7 Å². The molecule has 1 heterocycles. The van der Waals surface area contributed by atoms with E-state index in [-0.39, 0.29) is 15.6 Å². The van der Waals surface area contributed by atoms with Gasteiger partial charge in [-0.3, -0.25) is 4.79 Å². The monoisotopic (exact) mass is 414 g/mol. The standard InChI is InChI=1S/C17H13Cl2NO5S/c18-12-8-4-7-11(13(12)19)15-14(21)16(17(20)24-15)25-26(22,23)9-10-5-2-1-3-6-10/h1-8,15H,9,20H2/i15D. The van der Waals surface area contributed by atoms with E-state index < -0.39 is 39.4 Å². The molecule has 2 aromatic rings. The van der Waals surface area contributed by atoms with Gasteiger partial charge in [0, 0.05) is 5.56 Å². The second-order valence-electron chi connectivity index (χ2n) is 5.33. The van der Waals surface area contributed by atoms with E-state index in [0.717, 1.165) is 0 Å². The first-order valence-corrected chi connectivity index (χ1v) is 9.61. The molecule has 0 amide bonds. The van der Waals surface area contributed by atoms with Gasteiger partial charge in [-0.2, -0.15) is 8.42 Å². The molecule has 9 heteroatoms. The van der Waals surface area contributed by atoms with E-state index in [4.69, 9.17) is 39.2 Å². The lowest BCUT2D eigenvalue weighted by Crippen LogP contribution is -2.16. The number of rotatable bonds is 5. The predicted molar refractivity (Wildman–Crippen MR) is 96.7 cm³/mol. The summed E-state index contributed by atoms with van der Waals surface area (Å²) in [5.41, 5.74) is 6.00. The number of carbonyl (C=O) groups excluding carboxylic acids is 1. The third-order valence-corrected chi connectivity index (χ3v) is 5.37. The fraction of sp³-hybridized carbons (Fsp3) is 0.118. The van der Waals surface area contributed by atoms with Crippen LogP contribution in [0.5, 0.6) is 0 Å². The highest BCUT2D eigenvalue weighted by molar-refractivity contribution is 7.86. The zero-order chi connectivity index (χ0) is 19.8. The summed E-state index contributed by atoms with van der Waals surface area (Å²) in [5, 5.41) is 0.0190. The summed E-state index contributed by atoms with van der Waals surface area (Å²) in [6, 6.07) is 12.5. The molecule has 0 fully saturated rings. The Kier molecular flexibility index (Phi) is 4.76. The highest BCUT2D eigenvalue weighted by Gasteiger charge is 2.40. The van der Waals surface area contributed by atoms with Crippen LogP contribution in [0.1, 0.15) is 18.6 Å². The molecule has 26 heavy (non-hydrogen) atoms. The molecule has 0 bridgehead atoms. The van der Waals surface area contributed by atoms with Crippen molar-refractivity contribution in [2.24, 2.45) is 5.73 Å². The summed E-state index contributed by atoms with van der Waals surface area (Å²) in [5.74, 6) is -2.97. The minimum Gasteiger partial charge on any atom is -0.460 e. The van der Waals surface area contributed by atoms with Crippen molar-refractivity contribution in [3.05, 3.63) is 81.3 Å². The van der Waals surface area contributed by atoms with Crippen molar-refractivity contribution in [2.75, 3.05) is 0 Å². The van der Waals surface area contributed by atoms with Gasteiger partial charge in [-0.25, -0.2) is 0 Å². The number of carbonyl (C=O) groups is 1. The minimum atomic E-state index is -4.22. The van der Waals surface area contributed by atoms with Gasteiger partial charge in [-0.1, -0.05) is 65.7 Å². The summed E-state index contributed by atoms with van der Waals surface area (Å²) in [6.07, 6.45) is -2.40. The van der Waals surface area contributed by atoms with Gasteiger partial charge in [0.15, 0.2) is 6.08 Å². The second-order valence-corrected chi connectivity index (χ2v) is 7.68. The number of ketones is 1. The van der Waals surface area contributed by atoms with Gasteiger partial charge in [0.05, 0.1) is 11.4 Å². The molecule has 1 atom stereocenters. The van der Waals surface area contributed by atoms with Gasteiger partial charge in [-0.15, -0.1) is 0 Å². The third-order valence-electron chi connectivity index (χ3n) is 3.44. The van der Waals surface area contributed by atoms with Crippen LogP contribution < -0.4 is 5.73 Å².